The van der Waals surface area contributed by atoms with Gasteiger partial charge in [-0.25, -0.2) is 0 Å². The maximum atomic E-state index is 5.84. The largest absolute Gasteiger partial charge is 0.399 e. The van der Waals surface area contributed by atoms with Crippen molar-refractivity contribution < 1.29 is 0 Å². The van der Waals surface area contributed by atoms with Gasteiger partial charge in [-0.2, -0.15) is 0 Å². The molecule has 0 radical (unpaired) electrons. The van der Waals surface area contributed by atoms with Gasteiger partial charge >= 0.3 is 0 Å². The summed E-state index contributed by atoms with van der Waals surface area (Å²) in [5.74, 6) is 1.75. The Morgan fingerprint density at radius 2 is 1.74 bits per heavy atom. The van der Waals surface area contributed by atoms with Crippen LogP contribution in [0.15, 0.2) is 54.6 Å². The first kappa shape index (κ1) is 17.0. The third kappa shape index (κ3) is 3.88. The third-order valence-corrected chi connectivity index (χ3v) is 3.53. The Morgan fingerprint density at radius 1 is 0.957 bits per heavy atom. The number of hydrogen-bond donors (Lipinski definition) is 2. The van der Waals surface area contributed by atoms with Gasteiger partial charge in [-0.05, 0) is 17.7 Å². The molecule has 3 rings (SSSR count). The maximum Gasteiger partial charge on any atom is 0.164 e. The van der Waals surface area contributed by atoms with Crippen molar-refractivity contribution >= 4 is 18.1 Å². The van der Waals surface area contributed by atoms with Gasteiger partial charge in [0.25, 0.3) is 0 Å². The highest BCUT2D eigenvalue weighted by atomic mass is 35.5. The fourth-order valence-corrected chi connectivity index (χ4v) is 2.52. The minimum absolute atomic E-state index is 0. The van der Waals surface area contributed by atoms with Crippen molar-refractivity contribution in [1.29, 1.82) is 0 Å². The summed E-state index contributed by atoms with van der Waals surface area (Å²) in [6.45, 7) is 1.23. The van der Waals surface area contributed by atoms with Gasteiger partial charge in [0.2, 0.25) is 0 Å². The second-order valence-electron chi connectivity index (χ2n) is 5.17. The molecule has 0 fully saturated rings. The Bertz CT molecular complexity index is 755. The lowest BCUT2D eigenvalue weighted by molar-refractivity contribution is 0.677. The molecule has 1 aromatic heterocycles. The van der Waals surface area contributed by atoms with Gasteiger partial charge in [0, 0.05) is 30.8 Å². The van der Waals surface area contributed by atoms with E-state index in [4.69, 9.17) is 11.5 Å². The minimum atomic E-state index is 0. The highest BCUT2D eigenvalue weighted by Crippen LogP contribution is 2.20. The Hall–Kier alpha value is -2.37. The smallest absolute Gasteiger partial charge is 0.164 e. The van der Waals surface area contributed by atoms with E-state index >= 15 is 0 Å². The van der Waals surface area contributed by atoms with Gasteiger partial charge in [0.1, 0.15) is 5.82 Å². The molecule has 0 spiro atoms. The molecular weight excluding hydrogens is 310 g/mol. The molecule has 23 heavy (non-hydrogen) atoms. The molecule has 5 nitrogen and oxygen atoms in total. The van der Waals surface area contributed by atoms with Crippen molar-refractivity contribution in [3.05, 3.63) is 66.0 Å². The number of hydrogen-bond acceptors (Lipinski definition) is 4. The molecule has 0 aliphatic heterocycles. The molecule has 6 heteroatoms. The lowest BCUT2D eigenvalue weighted by Crippen LogP contribution is -2.14. The first-order valence-corrected chi connectivity index (χ1v) is 7.30. The summed E-state index contributed by atoms with van der Waals surface area (Å²) in [5, 5.41) is 8.70. The number of nitrogens with zero attached hydrogens (tertiary/aromatic N) is 3. The quantitative estimate of drug-likeness (QED) is 0.704. The van der Waals surface area contributed by atoms with Crippen LogP contribution in [-0.2, 0) is 13.0 Å². The van der Waals surface area contributed by atoms with Crippen molar-refractivity contribution in [2.24, 2.45) is 5.73 Å². The Labute approximate surface area is 141 Å². The van der Waals surface area contributed by atoms with Crippen molar-refractivity contribution in [3.63, 3.8) is 0 Å². The average Bonchev–Trinajstić information content (AvgIpc) is 2.91. The number of halogens is 1. The van der Waals surface area contributed by atoms with Crippen molar-refractivity contribution in [3.8, 4) is 11.4 Å². The monoisotopic (exact) mass is 329 g/mol. The lowest BCUT2D eigenvalue weighted by Gasteiger charge is -2.09. The van der Waals surface area contributed by atoms with E-state index in [1.807, 2.05) is 54.6 Å². The summed E-state index contributed by atoms with van der Waals surface area (Å²) in [6, 6.07) is 17.9. The molecule has 0 saturated heterocycles. The van der Waals surface area contributed by atoms with Crippen LogP contribution >= 0.6 is 12.4 Å². The normalized spacial score (nSPS) is 10.3. The standard InChI is InChI=1S/C17H19N5.ClH/c18-9-10-22-16(12-13-5-4-8-15(19)11-13)20-21-17(22)14-6-2-1-3-7-14;/h1-8,11H,9-10,12,18-19H2;1H. The summed E-state index contributed by atoms with van der Waals surface area (Å²) in [6.07, 6.45) is 0.685. The molecular formula is C17H20ClN5. The Balaban J connectivity index is 0.00000192. The van der Waals surface area contributed by atoms with Crippen LogP contribution in [0.2, 0.25) is 0 Å². The number of rotatable bonds is 5. The van der Waals surface area contributed by atoms with Gasteiger partial charge in [-0.1, -0.05) is 42.5 Å². The van der Waals surface area contributed by atoms with Crippen LogP contribution in [-0.4, -0.2) is 21.3 Å². The van der Waals surface area contributed by atoms with Crippen molar-refractivity contribution in [2.75, 3.05) is 12.3 Å². The summed E-state index contributed by atoms with van der Waals surface area (Å²) in [7, 11) is 0. The first-order chi connectivity index (χ1) is 10.8. The highest BCUT2D eigenvalue weighted by Gasteiger charge is 2.13. The van der Waals surface area contributed by atoms with E-state index < -0.39 is 0 Å². The molecule has 0 saturated carbocycles. The van der Waals surface area contributed by atoms with E-state index in [1.165, 1.54) is 0 Å². The molecule has 0 amide bonds. The van der Waals surface area contributed by atoms with E-state index in [-0.39, 0.29) is 12.4 Å². The second-order valence-corrected chi connectivity index (χ2v) is 5.17. The zero-order valence-electron chi connectivity index (χ0n) is 12.7. The van der Waals surface area contributed by atoms with Crippen LogP contribution in [0, 0.1) is 0 Å². The Morgan fingerprint density at radius 3 is 2.43 bits per heavy atom. The predicted octanol–water partition coefficient (Wildman–Crippen LogP) is 2.50. The van der Waals surface area contributed by atoms with Gasteiger partial charge in [0.05, 0.1) is 0 Å². The molecule has 0 aliphatic rings. The zero-order valence-corrected chi connectivity index (χ0v) is 13.5. The molecule has 1 heterocycles. The number of aromatic nitrogens is 3. The van der Waals surface area contributed by atoms with Crippen LogP contribution in [0.4, 0.5) is 5.69 Å². The Kier molecular flexibility index (Phi) is 5.73. The molecule has 0 atom stereocenters. The number of benzene rings is 2. The third-order valence-electron chi connectivity index (χ3n) is 3.53. The van der Waals surface area contributed by atoms with Crippen LogP contribution in [0.1, 0.15) is 11.4 Å². The maximum absolute atomic E-state index is 5.84. The average molecular weight is 330 g/mol. The lowest BCUT2D eigenvalue weighted by atomic mass is 10.1. The molecule has 0 bridgehead atoms. The fraction of sp³-hybridized carbons (Fsp3) is 0.176. The molecule has 2 aromatic carbocycles. The fourth-order valence-electron chi connectivity index (χ4n) is 2.52. The molecule has 0 aliphatic carbocycles. The summed E-state index contributed by atoms with van der Waals surface area (Å²) < 4.78 is 2.08. The molecule has 4 N–H and O–H groups in total. The van der Waals surface area contributed by atoms with Crippen molar-refractivity contribution in [1.82, 2.24) is 14.8 Å². The van der Waals surface area contributed by atoms with Gasteiger partial charge in [-0.15, -0.1) is 22.6 Å². The van der Waals surface area contributed by atoms with Crippen LogP contribution in [0.5, 0.6) is 0 Å². The van der Waals surface area contributed by atoms with Crippen LogP contribution in [0.25, 0.3) is 11.4 Å². The molecule has 3 aromatic rings. The second kappa shape index (κ2) is 7.76. The number of nitrogens with two attached hydrogens (primary N) is 2. The SMILES string of the molecule is Cl.NCCn1c(Cc2cccc(N)c2)nnc1-c1ccccc1. The zero-order chi connectivity index (χ0) is 15.4. The van der Waals surface area contributed by atoms with E-state index in [9.17, 15) is 0 Å². The topological polar surface area (TPSA) is 82.8 Å². The van der Waals surface area contributed by atoms with Gasteiger partial charge < -0.3 is 16.0 Å². The van der Waals surface area contributed by atoms with E-state index in [0.29, 0.717) is 19.5 Å². The van der Waals surface area contributed by atoms with Crippen LogP contribution < -0.4 is 11.5 Å². The van der Waals surface area contributed by atoms with Crippen LogP contribution in [0.3, 0.4) is 0 Å². The van der Waals surface area contributed by atoms with Crippen molar-refractivity contribution in [2.45, 2.75) is 13.0 Å². The number of anilines is 1. The summed E-state index contributed by atoms with van der Waals surface area (Å²) >= 11 is 0. The molecule has 120 valence electrons. The summed E-state index contributed by atoms with van der Waals surface area (Å²) in [4.78, 5) is 0. The van der Waals surface area contributed by atoms with E-state index in [2.05, 4.69) is 14.8 Å². The van der Waals surface area contributed by atoms with Gasteiger partial charge in [0.15, 0.2) is 5.82 Å². The number of nitrogen functional groups attached to an aromatic ring is 1. The minimum Gasteiger partial charge on any atom is -0.399 e. The molecule has 0 unspecified atom stereocenters. The first-order valence-electron chi connectivity index (χ1n) is 7.30. The predicted molar refractivity (Wildman–Crippen MR) is 95.4 cm³/mol. The van der Waals surface area contributed by atoms with E-state index in [0.717, 1.165) is 28.5 Å². The summed E-state index contributed by atoms with van der Waals surface area (Å²) in [5.41, 5.74) is 14.5. The van der Waals surface area contributed by atoms with E-state index in [1.54, 1.807) is 0 Å². The van der Waals surface area contributed by atoms with Gasteiger partial charge in [-0.3, -0.25) is 0 Å². The highest BCUT2D eigenvalue weighted by molar-refractivity contribution is 5.85.